The van der Waals surface area contributed by atoms with E-state index in [0.29, 0.717) is 0 Å². The van der Waals surface area contributed by atoms with Gasteiger partial charge in [0.15, 0.2) is 0 Å². The molecular formula is C8H9F2NO2. The summed E-state index contributed by atoms with van der Waals surface area (Å²) in [4.78, 5) is 3.52. The van der Waals surface area contributed by atoms with E-state index in [4.69, 9.17) is 5.11 Å². The normalized spacial score (nSPS) is 10.5. The Kier molecular flexibility index (Phi) is 2.65. The summed E-state index contributed by atoms with van der Waals surface area (Å²) in [6.07, 6.45) is -2.70. The number of pyridine rings is 1. The van der Waals surface area contributed by atoms with Gasteiger partial charge in [-0.3, -0.25) is 0 Å². The Morgan fingerprint density at radius 1 is 1.54 bits per heavy atom. The lowest BCUT2D eigenvalue weighted by molar-refractivity contribution is 0.141. The van der Waals surface area contributed by atoms with Crippen molar-refractivity contribution in [2.75, 3.05) is 7.11 Å². The predicted octanol–water partition coefficient (Wildman–Crippen LogP) is 2.04. The highest BCUT2D eigenvalue weighted by Gasteiger charge is 2.17. The molecule has 0 bridgehead atoms. The van der Waals surface area contributed by atoms with E-state index >= 15 is 0 Å². The topological polar surface area (TPSA) is 42.4 Å². The maximum absolute atomic E-state index is 12.3. The van der Waals surface area contributed by atoms with Gasteiger partial charge in [-0.15, -0.1) is 0 Å². The Hall–Kier alpha value is -1.39. The van der Waals surface area contributed by atoms with Crippen molar-refractivity contribution < 1.29 is 18.6 Å². The van der Waals surface area contributed by atoms with Crippen LogP contribution in [-0.2, 0) is 0 Å². The molecule has 0 fully saturated rings. The van der Waals surface area contributed by atoms with Crippen LogP contribution in [0, 0.1) is 6.92 Å². The highest BCUT2D eigenvalue weighted by Crippen LogP contribution is 2.31. The number of hydrogen-bond donors (Lipinski definition) is 1. The molecule has 1 aromatic rings. The van der Waals surface area contributed by atoms with E-state index in [2.05, 4.69) is 9.72 Å². The number of alkyl halides is 2. The van der Waals surface area contributed by atoms with Gasteiger partial charge in [0.25, 0.3) is 6.43 Å². The number of aryl methyl sites for hydroxylation is 1. The summed E-state index contributed by atoms with van der Waals surface area (Å²) in [5.41, 5.74) is -0.283. The van der Waals surface area contributed by atoms with Gasteiger partial charge < -0.3 is 9.84 Å². The molecule has 1 N–H and O–H groups in total. The van der Waals surface area contributed by atoms with Gasteiger partial charge in [-0.2, -0.15) is 0 Å². The molecule has 0 unspecified atom stereocenters. The predicted molar refractivity (Wildman–Crippen MR) is 42.1 cm³/mol. The Balaban J connectivity index is 3.25. The quantitative estimate of drug-likeness (QED) is 0.774. The van der Waals surface area contributed by atoms with Crippen molar-refractivity contribution in [2.24, 2.45) is 0 Å². The number of hydrogen-bond acceptors (Lipinski definition) is 3. The van der Waals surface area contributed by atoms with Crippen LogP contribution in [0.25, 0.3) is 0 Å². The van der Waals surface area contributed by atoms with Crippen molar-refractivity contribution in [2.45, 2.75) is 13.3 Å². The van der Waals surface area contributed by atoms with E-state index < -0.39 is 12.1 Å². The number of aromatic nitrogens is 1. The van der Waals surface area contributed by atoms with Gasteiger partial charge in [-0.05, 0) is 6.92 Å². The average Bonchev–Trinajstić information content (AvgIpc) is 2.08. The maximum atomic E-state index is 12.3. The molecule has 1 heterocycles. The highest BCUT2D eigenvalue weighted by atomic mass is 19.3. The van der Waals surface area contributed by atoms with Crippen LogP contribution in [0.2, 0.25) is 0 Å². The van der Waals surface area contributed by atoms with Crippen LogP contribution in [-0.4, -0.2) is 17.2 Å². The van der Waals surface area contributed by atoms with Gasteiger partial charge in [-0.25, -0.2) is 13.8 Å². The van der Waals surface area contributed by atoms with Crippen LogP contribution < -0.4 is 4.74 Å². The van der Waals surface area contributed by atoms with Gasteiger partial charge in [0.2, 0.25) is 0 Å². The van der Waals surface area contributed by atoms with E-state index in [1.54, 1.807) is 0 Å². The Bertz CT molecular complexity index is 315. The zero-order valence-corrected chi connectivity index (χ0v) is 7.21. The Morgan fingerprint density at radius 3 is 2.62 bits per heavy atom. The zero-order chi connectivity index (χ0) is 10.0. The lowest BCUT2D eigenvalue weighted by Crippen LogP contribution is -1.98. The molecule has 1 rings (SSSR count). The second-order valence-electron chi connectivity index (χ2n) is 2.48. The summed E-state index contributed by atoms with van der Waals surface area (Å²) < 4.78 is 29.2. The lowest BCUT2D eigenvalue weighted by Gasteiger charge is -2.08. The van der Waals surface area contributed by atoms with E-state index in [1.165, 1.54) is 14.0 Å². The molecule has 0 aliphatic carbocycles. The Labute approximate surface area is 74.0 Å². The van der Waals surface area contributed by atoms with E-state index in [0.717, 1.165) is 6.07 Å². The number of rotatable bonds is 2. The van der Waals surface area contributed by atoms with Gasteiger partial charge in [0.05, 0.1) is 12.8 Å². The molecule has 0 spiro atoms. The fraction of sp³-hybridized carbons (Fsp3) is 0.375. The minimum absolute atomic E-state index is 0.0990. The maximum Gasteiger partial charge on any atom is 0.284 e. The van der Waals surface area contributed by atoms with Crippen LogP contribution in [0.1, 0.15) is 17.8 Å². The first-order chi connectivity index (χ1) is 6.06. The second kappa shape index (κ2) is 3.55. The molecule has 1 aromatic heterocycles. The van der Waals surface area contributed by atoms with Gasteiger partial charge >= 0.3 is 0 Å². The SMILES string of the molecule is COc1cc(O)c(C)nc1C(F)F. The van der Waals surface area contributed by atoms with Crippen LogP contribution in [0.15, 0.2) is 6.07 Å². The van der Waals surface area contributed by atoms with Gasteiger partial charge in [0.1, 0.15) is 17.2 Å². The third-order valence-corrected chi connectivity index (χ3v) is 1.61. The third kappa shape index (κ3) is 1.85. The number of halogens is 2. The molecule has 0 atom stereocenters. The lowest BCUT2D eigenvalue weighted by atomic mass is 10.2. The largest absolute Gasteiger partial charge is 0.506 e. The Morgan fingerprint density at radius 2 is 2.15 bits per heavy atom. The van der Waals surface area contributed by atoms with Crippen molar-refractivity contribution in [1.29, 1.82) is 0 Å². The smallest absolute Gasteiger partial charge is 0.284 e. The first-order valence-electron chi connectivity index (χ1n) is 3.59. The number of ether oxygens (including phenoxy) is 1. The average molecular weight is 189 g/mol. The highest BCUT2D eigenvalue weighted by molar-refractivity contribution is 5.38. The van der Waals surface area contributed by atoms with E-state index in [1.807, 2.05) is 0 Å². The van der Waals surface area contributed by atoms with Gasteiger partial charge in [-0.1, -0.05) is 0 Å². The van der Waals surface area contributed by atoms with Crippen LogP contribution in [0.4, 0.5) is 8.78 Å². The second-order valence-corrected chi connectivity index (χ2v) is 2.48. The molecule has 0 aliphatic heterocycles. The van der Waals surface area contributed by atoms with Crippen molar-refractivity contribution in [3.05, 3.63) is 17.5 Å². The summed E-state index contributed by atoms with van der Waals surface area (Å²) in [5, 5.41) is 9.15. The van der Waals surface area contributed by atoms with Crippen molar-refractivity contribution in [1.82, 2.24) is 4.98 Å². The van der Waals surface area contributed by atoms with E-state index in [9.17, 15) is 8.78 Å². The van der Waals surface area contributed by atoms with E-state index in [-0.39, 0.29) is 17.2 Å². The first-order valence-corrected chi connectivity index (χ1v) is 3.59. The number of aromatic hydroxyl groups is 1. The summed E-state index contributed by atoms with van der Waals surface area (Å²) >= 11 is 0. The molecule has 0 amide bonds. The third-order valence-electron chi connectivity index (χ3n) is 1.61. The van der Waals surface area contributed by atoms with Crippen LogP contribution in [0.3, 0.4) is 0 Å². The zero-order valence-electron chi connectivity index (χ0n) is 7.21. The monoisotopic (exact) mass is 189 g/mol. The fourth-order valence-corrected chi connectivity index (χ4v) is 0.915. The van der Waals surface area contributed by atoms with Crippen LogP contribution in [0.5, 0.6) is 11.5 Å². The molecule has 0 saturated carbocycles. The van der Waals surface area contributed by atoms with Crippen molar-refractivity contribution in [3.63, 3.8) is 0 Å². The molecule has 5 heteroatoms. The molecule has 0 aromatic carbocycles. The van der Waals surface area contributed by atoms with Crippen LogP contribution >= 0.6 is 0 Å². The molecule has 0 saturated heterocycles. The molecule has 3 nitrogen and oxygen atoms in total. The molecule has 72 valence electrons. The summed E-state index contributed by atoms with van der Waals surface area (Å²) in [5.74, 6) is -0.251. The summed E-state index contributed by atoms with van der Waals surface area (Å²) in [6.45, 7) is 1.45. The van der Waals surface area contributed by atoms with Crippen molar-refractivity contribution in [3.8, 4) is 11.5 Å². The molecular weight excluding hydrogens is 180 g/mol. The molecule has 0 aliphatic rings. The minimum Gasteiger partial charge on any atom is -0.506 e. The van der Waals surface area contributed by atoms with Gasteiger partial charge in [0, 0.05) is 6.07 Å². The number of nitrogens with zero attached hydrogens (tertiary/aromatic N) is 1. The fourth-order valence-electron chi connectivity index (χ4n) is 0.915. The summed E-state index contributed by atoms with van der Waals surface area (Å²) in [6, 6.07) is 1.13. The minimum atomic E-state index is -2.70. The standard InChI is InChI=1S/C8H9F2NO2/c1-4-5(12)3-6(13-2)7(11-4)8(9)10/h3,8,12H,1-2H3. The number of methoxy groups -OCH3 is 1. The molecule has 0 radical (unpaired) electrons. The summed E-state index contributed by atoms with van der Waals surface area (Å²) in [7, 11) is 1.25. The molecule has 13 heavy (non-hydrogen) atoms. The first kappa shape index (κ1) is 9.70. The van der Waals surface area contributed by atoms with Crippen molar-refractivity contribution >= 4 is 0 Å².